The van der Waals surface area contributed by atoms with Crippen molar-refractivity contribution >= 4 is 11.6 Å². The molecule has 1 aromatic carbocycles. The summed E-state index contributed by atoms with van der Waals surface area (Å²) >= 11 is 0. The first-order valence-electron chi connectivity index (χ1n) is 6.32. The Morgan fingerprint density at radius 2 is 2.22 bits per heavy atom. The Bertz CT molecular complexity index is 511. The molecule has 0 saturated carbocycles. The second-order valence-corrected chi connectivity index (χ2v) is 4.51. The zero-order chi connectivity index (χ0) is 13.0. The van der Waals surface area contributed by atoms with Gasteiger partial charge in [-0.15, -0.1) is 0 Å². The van der Waals surface area contributed by atoms with E-state index in [0.717, 1.165) is 36.2 Å². The van der Waals surface area contributed by atoms with E-state index in [4.69, 9.17) is 5.73 Å². The van der Waals surface area contributed by atoms with Crippen LogP contribution in [0.4, 0.5) is 5.69 Å². The van der Waals surface area contributed by atoms with Crippen molar-refractivity contribution in [1.82, 2.24) is 0 Å². The molecule has 1 heterocycles. The molecule has 1 aliphatic rings. The van der Waals surface area contributed by atoms with Crippen LogP contribution in [0.25, 0.3) is 0 Å². The van der Waals surface area contributed by atoms with Gasteiger partial charge in [-0.1, -0.05) is 11.8 Å². The Labute approximate surface area is 108 Å². The minimum atomic E-state index is 0.227. The van der Waals surface area contributed by atoms with Crippen LogP contribution in [0.5, 0.6) is 0 Å². The average molecular weight is 242 g/mol. The monoisotopic (exact) mass is 242 g/mol. The maximum Gasteiger partial charge on any atom is 0.226 e. The zero-order valence-corrected chi connectivity index (χ0v) is 10.7. The van der Waals surface area contributed by atoms with Crippen LogP contribution in [-0.2, 0) is 4.79 Å². The van der Waals surface area contributed by atoms with Crippen molar-refractivity contribution in [2.45, 2.75) is 26.2 Å². The molecule has 0 radical (unpaired) electrons. The van der Waals surface area contributed by atoms with Crippen LogP contribution >= 0.6 is 0 Å². The number of aryl methyl sites for hydroxylation is 1. The van der Waals surface area contributed by atoms with Gasteiger partial charge in [0.1, 0.15) is 0 Å². The summed E-state index contributed by atoms with van der Waals surface area (Å²) in [6.07, 6.45) is 2.75. The first-order valence-corrected chi connectivity index (χ1v) is 6.32. The van der Waals surface area contributed by atoms with Gasteiger partial charge in [0, 0.05) is 24.2 Å². The molecule has 2 rings (SSSR count). The van der Waals surface area contributed by atoms with E-state index in [1.807, 2.05) is 30.0 Å². The lowest BCUT2D eigenvalue weighted by atomic mass is 10.1. The van der Waals surface area contributed by atoms with Crippen LogP contribution in [0.1, 0.15) is 30.4 Å². The highest BCUT2D eigenvalue weighted by Crippen LogP contribution is 2.25. The Morgan fingerprint density at radius 3 is 2.89 bits per heavy atom. The average Bonchev–Trinajstić information content (AvgIpc) is 2.38. The van der Waals surface area contributed by atoms with Gasteiger partial charge in [-0.2, -0.15) is 0 Å². The zero-order valence-electron chi connectivity index (χ0n) is 10.7. The molecule has 1 saturated heterocycles. The van der Waals surface area contributed by atoms with E-state index in [1.54, 1.807) is 0 Å². The Morgan fingerprint density at radius 1 is 1.39 bits per heavy atom. The van der Waals surface area contributed by atoms with Gasteiger partial charge in [-0.05, 0) is 43.5 Å². The molecule has 1 aliphatic heterocycles. The fraction of sp³-hybridized carbons (Fsp3) is 0.400. The molecular weight excluding hydrogens is 224 g/mol. The smallest absolute Gasteiger partial charge is 0.226 e. The summed E-state index contributed by atoms with van der Waals surface area (Å²) in [5, 5.41) is 0. The number of rotatable bonds is 1. The second-order valence-electron chi connectivity index (χ2n) is 4.51. The Balaban J connectivity index is 2.26. The first kappa shape index (κ1) is 12.7. The molecule has 3 nitrogen and oxygen atoms in total. The highest BCUT2D eigenvalue weighted by Gasteiger charge is 2.20. The van der Waals surface area contributed by atoms with Crippen molar-refractivity contribution in [2.75, 3.05) is 18.0 Å². The fourth-order valence-electron chi connectivity index (χ4n) is 2.25. The van der Waals surface area contributed by atoms with E-state index in [2.05, 4.69) is 11.8 Å². The molecule has 1 aromatic rings. The molecule has 18 heavy (non-hydrogen) atoms. The molecule has 0 unspecified atom stereocenters. The standard InChI is InChI=1S/C15H18N2O/c1-12-11-13(5-4-9-16)7-8-14(12)17-10-3-2-6-15(17)18/h7-8,11H,2-3,6,9-10,16H2,1H3. The number of amides is 1. The van der Waals surface area contributed by atoms with Crippen LogP contribution in [0.3, 0.4) is 0 Å². The van der Waals surface area contributed by atoms with E-state index in [1.165, 1.54) is 0 Å². The van der Waals surface area contributed by atoms with E-state index in [-0.39, 0.29) is 5.91 Å². The summed E-state index contributed by atoms with van der Waals surface area (Å²) in [6, 6.07) is 5.95. The largest absolute Gasteiger partial charge is 0.320 e. The van der Waals surface area contributed by atoms with Gasteiger partial charge >= 0.3 is 0 Å². The van der Waals surface area contributed by atoms with Crippen LogP contribution in [-0.4, -0.2) is 19.0 Å². The summed E-state index contributed by atoms with van der Waals surface area (Å²) < 4.78 is 0. The summed E-state index contributed by atoms with van der Waals surface area (Å²) in [7, 11) is 0. The number of hydrogen-bond donors (Lipinski definition) is 1. The third kappa shape index (κ3) is 2.72. The number of piperidine rings is 1. The minimum Gasteiger partial charge on any atom is -0.320 e. The molecule has 94 valence electrons. The molecule has 0 aromatic heterocycles. The molecule has 2 N–H and O–H groups in total. The minimum absolute atomic E-state index is 0.227. The molecule has 0 bridgehead atoms. The summed E-state index contributed by atoms with van der Waals surface area (Å²) in [5.74, 6) is 6.07. The van der Waals surface area contributed by atoms with Crippen molar-refractivity contribution in [3.8, 4) is 11.8 Å². The van der Waals surface area contributed by atoms with Gasteiger partial charge in [0.05, 0.1) is 6.54 Å². The number of carbonyl (C=O) groups is 1. The van der Waals surface area contributed by atoms with E-state index >= 15 is 0 Å². The molecule has 3 heteroatoms. The molecule has 0 aliphatic carbocycles. The Kier molecular flexibility index (Phi) is 4.01. The molecule has 0 atom stereocenters. The van der Waals surface area contributed by atoms with Crippen LogP contribution in [0, 0.1) is 18.8 Å². The SMILES string of the molecule is Cc1cc(C#CCN)ccc1N1CCCCC1=O. The summed E-state index contributed by atoms with van der Waals surface area (Å²) in [5.41, 5.74) is 8.41. The van der Waals surface area contributed by atoms with Gasteiger partial charge in [0.25, 0.3) is 0 Å². The summed E-state index contributed by atoms with van der Waals surface area (Å²) in [6.45, 7) is 3.21. The molecule has 1 fully saturated rings. The van der Waals surface area contributed by atoms with E-state index < -0.39 is 0 Å². The van der Waals surface area contributed by atoms with Crippen LogP contribution in [0.15, 0.2) is 18.2 Å². The van der Waals surface area contributed by atoms with Gasteiger partial charge in [-0.3, -0.25) is 4.79 Å². The topological polar surface area (TPSA) is 46.3 Å². The number of anilines is 1. The van der Waals surface area contributed by atoms with E-state index in [9.17, 15) is 4.79 Å². The summed E-state index contributed by atoms with van der Waals surface area (Å²) in [4.78, 5) is 13.8. The quantitative estimate of drug-likeness (QED) is 0.764. The molecular formula is C15H18N2O. The normalized spacial score (nSPS) is 15.2. The highest BCUT2D eigenvalue weighted by molar-refractivity contribution is 5.94. The van der Waals surface area contributed by atoms with Gasteiger partial charge in [0.2, 0.25) is 5.91 Å². The molecule has 0 spiro atoms. The van der Waals surface area contributed by atoms with Crippen molar-refractivity contribution in [1.29, 1.82) is 0 Å². The van der Waals surface area contributed by atoms with Gasteiger partial charge in [-0.25, -0.2) is 0 Å². The van der Waals surface area contributed by atoms with Crippen LogP contribution in [0.2, 0.25) is 0 Å². The number of benzene rings is 1. The lowest BCUT2D eigenvalue weighted by Crippen LogP contribution is -2.35. The third-order valence-corrected chi connectivity index (χ3v) is 3.15. The van der Waals surface area contributed by atoms with Crippen molar-refractivity contribution in [3.05, 3.63) is 29.3 Å². The van der Waals surface area contributed by atoms with Crippen molar-refractivity contribution in [3.63, 3.8) is 0 Å². The van der Waals surface area contributed by atoms with Crippen molar-refractivity contribution < 1.29 is 4.79 Å². The fourth-order valence-corrected chi connectivity index (χ4v) is 2.25. The van der Waals surface area contributed by atoms with Gasteiger partial charge in [0.15, 0.2) is 0 Å². The van der Waals surface area contributed by atoms with Crippen molar-refractivity contribution in [2.24, 2.45) is 5.73 Å². The number of carbonyl (C=O) groups excluding carboxylic acids is 1. The maximum atomic E-state index is 11.9. The second kappa shape index (κ2) is 5.70. The maximum absolute atomic E-state index is 11.9. The predicted octanol–water partition coefficient (Wildman–Crippen LogP) is 1.82. The number of nitrogens with two attached hydrogens (primary N) is 1. The lowest BCUT2D eigenvalue weighted by Gasteiger charge is -2.28. The Hall–Kier alpha value is -1.79. The van der Waals surface area contributed by atoms with Crippen LogP contribution < -0.4 is 10.6 Å². The van der Waals surface area contributed by atoms with E-state index in [0.29, 0.717) is 13.0 Å². The highest BCUT2D eigenvalue weighted by atomic mass is 16.2. The first-order chi connectivity index (χ1) is 8.72. The van der Waals surface area contributed by atoms with Gasteiger partial charge < -0.3 is 10.6 Å². The molecule has 1 amide bonds. The third-order valence-electron chi connectivity index (χ3n) is 3.15. The number of hydrogen-bond acceptors (Lipinski definition) is 2. The lowest BCUT2D eigenvalue weighted by molar-refractivity contribution is -0.119. The number of nitrogens with zero attached hydrogens (tertiary/aromatic N) is 1. The predicted molar refractivity (Wildman–Crippen MR) is 73.3 cm³/mol.